The second-order valence-corrected chi connectivity index (χ2v) is 4.13. The molecule has 0 amide bonds. The highest BCUT2D eigenvalue weighted by Gasteiger charge is 2.15. The van der Waals surface area contributed by atoms with Crippen LogP contribution in [0, 0.1) is 0 Å². The van der Waals surface area contributed by atoms with E-state index in [1.807, 2.05) is 0 Å². The maximum Gasteiger partial charge on any atom is 0.346 e. The largest absolute Gasteiger partial charge is 0.497 e. The van der Waals surface area contributed by atoms with E-state index >= 15 is 0 Å². The molecule has 7 nitrogen and oxygen atoms in total. The van der Waals surface area contributed by atoms with Gasteiger partial charge in [0.1, 0.15) is 12.3 Å². The van der Waals surface area contributed by atoms with Crippen molar-refractivity contribution in [3.05, 3.63) is 34.7 Å². The molecule has 0 fully saturated rings. The van der Waals surface area contributed by atoms with Gasteiger partial charge in [0.25, 0.3) is 0 Å². The first-order valence-electron chi connectivity index (χ1n) is 6.10. The Kier molecular flexibility index (Phi) is 3.88. The molecule has 1 aromatic carbocycles. The summed E-state index contributed by atoms with van der Waals surface area (Å²) < 4.78 is 7.46. The predicted octanol–water partition coefficient (Wildman–Crippen LogP) is 0.825. The minimum atomic E-state index is -1.10. The highest BCUT2D eigenvalue weighted by molar-refractivity contribution is 5.66. The summed E-state index contributed by atoms with van der Waals surface area (Å²) in [7, 11) is 1.57. The Morgan fingerprint density at radius 3 is 2.50 bits per heavy atom. The van der Waals surface area contributed by atoms with E-state index in [0.717, 1.165) is 10.2 Å². The molecule has 0 aliphatic heterocycles. The minimum absolute atomic E-state index is 0.416. The maximum atomic E-state index is 12.0. The van der Waals surface area contributed by atoms with E-state index in [4.69, 9.17) is 9.84 Å². The lowest BCUT2D eigenvalue weighted by atomic mass is 10.2. The van der Waals surface area contributed by atoms with Crippen LogP contribution >= 0.6 is 0 Å². The van der Waals surface area contributed by atoms with Gasteiger partial charge in [0.15, 0.2) is 5.82 Å². The molecule has 0 saturated carbocycles. The number of carbonyl (C=O) groups is 1. The molecule has 2 aromatic rings. The lowest BCUT2D eigenvalue weighted by molar-refractivity contribution is -0.137. The lowest BCUT2D eigenvalue weighted by Gasteiger charge is -2.03. The van der Waals surface area contributed by atoms with E-state index in [-0.39, 0.29) is 0 Å². The number of carboxylic acid groups (broad SMARTS) is 1. The molecule has 0 saturated heterocycles. The van der Waals surface area contributed by atoms with Gasteiger partial charge < -0.3 is 9.84 Å². The summed E-state index contributed by atoms with van der Waals surface area (Å²) in [5, 5.41) is 12.9. The monoisotopic (exact) mass is 277 g/mol. The van der Waals surface area contributed by atoms with Crippen LogP contribution in [0.25, 0.3) is 11.4 Å². The van der Waals surface area contributed by atoms with Gasteiger partial charge in [0, 0.05) is 12.1 Å². The molecular weight excluding hydrogens is 262 g/mol. The molecule has 1 aromatic heterocycles. The third-order valence-electron chi connectivity index (χ3n) is 2.87. The van der Waals surface area contributed by atoms with Crippen LogP contribution in [-0.4, -0.2) is 32.5 Å². The van der Waals surface area contributed by atoms with Crippen LogP contribution in [0.2, 0.25) is 0 Å². The second-order valence-electron chi connectivity index (χ2n) is 4.13. The number of benzene rings is 1. The zero-order chi connectivity index (χ0) is 14.7. The zero-order valence-electron chi connectivity index (χ0n) is 11.2. The van der Waals surface area contributed by atoms with Gasteiger partial charge >= 0.3 is 11.7 Å². The van der Waals surface area contributed by atoms with Gasteiger partial charge in [0.05, 0.1) is 7.11 Å². The average molecular weight is 277 g/mol. The van der Waals surface area contributed by atoms with E-state index in [0.29, 0.717) is 18.1 Å². The Hall–Kier alpha value is -2.57. The fraction of sp³-hybridized carbons (Fsp3) is 0.308. The Labute approximate surface area is 115 Å². The van der Waals surface area contributed by atoms with Crippen molar-refractivity contribution in [2.75, 3.05) is 7.11 Å². The summed E-state index contributed by atoms with van der Waals surface area (Å²) in [4.78, 5) is 22.8. The third-order valence-corrected chi connectivity index (χ3v) is 2.87. The fourth-order valence-corrected chi connectivity index (χ4v) is 1.91. The molecule has 0 aliphatic rings. The summed E-state index contributed by atoms with van der Waals surface area (Å²) in [5.74, 6) is 0.0413. The van der Waals surface area contributed by atoms with Crippen LogP contribution in [0.5, 0.6) is 5.75 Å². The van der Waals surface area contributed by atoms with Gasteiger partial charge in [-0.1, -0.05) is 0 Å². The van der Waals surface area contributed by atoms with Gasteiger partial charge in [-0.2, -0.15) is 0 Å². The topological polar surface area (TPSA) is 86.3 Å². The summed E-state index contributed by atoms with van der Waals surface area (Å²) in [5.41, 5.74) is 0.301. The highest BCUT2D eigenvalue weighted by Crippen LogP contribution is 2.19. The van der Waals surface area contributed by atoms with Crippen molar-refractivity contribution in [2.45, 2.75) is 20.0 Å². The smallest absolute Gasteiger partial charge is 0.346 e. The van der Waals surface area contributed by atoms with Crippen molar-refractivity contribution in [1.82, 2.24) is 14.3 Å². The van der Waals surface area contributed by atoms with Crippen molar-refractivity contribution >= 4 is 5.97 Å². The number of methoxy groups -OCH3 is 1. The van der Waals surface area contributed by atoms with Crippen molar-refractivity contribution in [3.8, 4) is 17.1 Å². The fourth-order valence-electron chi connectivity index (χ4n) is 1.91. The van der Waals surface area contributed by atoms with Gasteiger partial charge in [-0.3, -0.25) is 9.36 Å². The number of hydrogen-bond donors (Lipinski definition) is 1. The van der Waals surface area contributed by atoms with Crippen LogP contribution in [0.15, 0.2) is 29.1 Å². The van der Waals surface area contributed by atoms with Crippen LogP contribution in [0.3, 0.4) is 0 Å². The van der Waals surface area contributed by atoms with Crippen LogP contribution in [-0.2, 0) is 17.9 Å². The van der Waals surface area contributed by atoms with Crippen molar-refractivity contribution in [2.24, 2.45) is 0 Å². The molecule has 0 bridgehead atoms. The highest BCUT2D eigenvalue weighted by atomic mass is 16.5. The van der Waals surface area contributed by atoms with Crippen LogP contribution in [0.4, 0.5) is 0 Å². The Bertz CT molecular complexity index is 670. The number of aliphatic carboxylic acids is 1. The SMILES string of the molecule is CCn1c(-c2ccc(OC)cc2)nn(CC(=O)O)c1=O. The number of nitrogens with zero attached hydrogens (tertiary/aromatic N) is 3. The molecule has 2 rings (SSSR count). The molecule has 0 spiro atoms. The minimum Gasteiger partial charge on any atom is -0.497 e. The summed E-state index contributed by atoms with van der Waals surface area (Å²) in [6.07, 6.45) is 0. The van der Waals surface area contributed by atoms with E-state index in [1.54, 1.807) is 38.3 Å². The summed E-state index contributed by atoms with van der Waals surface area (Å²) in [6.45, 7) is 1.77. The zero-order valence-corrected chi connectivity index (χ0v) is 11.2. The van der Waals surface area contributed by atoms with Gasteiger partial charge in [-0.25, -0.2) is 9.48 Å². The molecule has 1 heterocycles. The number of rotatable bonds is 5. The predicted molar refractivity (Wildman–Crippen MR) is 71.8 cm³/mol. The number of carboxylic acids is 1. The molecule has 7 heteroatoms. The van der Waals surface area contributed by atoms with Crippen molar-refractivity contribution in [3.63, 3.8) is 0 Å². The van der Waals surface area contributed by atoms with Crippen molar-refractivity contribution < 1.29 is 14.6 Å². The first kappa shape index (κ1) is 13.9. The number of ether oxygens (including phenoxy) is 1. The van der Waals surface area contributed by atoms with E-state index in [9.17, 15) is 9.59 Å². The molecule has 20 heavy (non-hydrogen) atoms. The molecule has 0 radical (unpaired) electrons. The first-order valence-corrected chi connectivity index (χ1v) is 6.10. The Morgan fingerprint density at radius 1 is 1.35 bits per heavy atom. The van der Waals surface area contributed by atoms with E-state index in [1.165, 1.54) is 4.57 Å². The van der Waals surface area contributed by atoms with Gasteiger partial charge in [-0.15, -0.1) is 5.10 Å². The molecular formula is C13H15N3O4. The molecule has 0 unspecified atom stereocenters. The first-order chi connectivity index (χ1) is 9.56. The standard InChI is InChI=1S/C13H15N3O4/c1-3-15-12(9-4-6-10(20-2)7-5-9)14-16(13(15)19)8-11(17)18/h4-7H,3,8H2,1-2H3,(H,17,18). The summed E-state index contributed by atoms with van der Waals surface area (Å²) in [6, 6.07) is 7.07. The second kappa shape index (κ2) is 5.60. The lowest BCUT2D eigenvalue weighted by Crippen LogP contribution is -2.27. The Morgan fingerprint density at radius 2 is 2.00 bits per heavy atom. The average Bonchev–Trinajstić information content (AvgIpc) is 2.75. The normalized spacial score (nSPS) is 10.5. The van der Waals surface area contributed by atoms with E-state index in [2.05, 4.69) is 5.10 Å². The molecule has 1 N–H and O–H groups in total. The van der Waals surface area contributed by atoms with E-state index < -0.39 is 18.2 Å². The van der Waals surface area contributed by atoms with Crippen LogP contribution in [0.1, 0.15) is 6.92 Å². The molecule has 106 valence electrons. The molecule has 0 aliphatic carbocycles. The number of aromatic nitrogens is 3. The summed E-state index contributed by atoms with van der Waals surface area (Å²) >= 11 is 0. The van der Waals surface area contributed by atoms with Crippen molar-refractivity contribution in [1.29, 1.82) is 0 Å². The van der Waals surface area contributed by atoms with Crippen LogP contribution < -0.4 is 10.4 Å². The maximum absolute atomic E-state index is 12.0. The quantitative estimate of drug-likeness (QED) is 0.874. The third kappa shape index (κ3) is 2.56. The number of hydrogen-bond acceptors (Lipinski definition) is 4. The van der Waals surface area contributed by atoms with Gasteiger partial charge in [-0.05, 0) is 31.2 Å². The Balaban J connectivity index is 2.49. The molecule has 0 atom stereocenters. The van der Waals surface area contributed by atoms with Gasteiger partial charge in [0.2, 0.25) is 0 Å².